The van der Waals surface area contributed by atoms with Crippen molar-refractivity contribution in [2.75, 3.05) is 6.54 Å². The van der Waals surface area contributed by atoms with Gasteiger partial charge in [0.2, 0.25) is 5.88 Å². The van der Waals surface area contributed by atoms with Crippen molar-refractivity contribution in [2.45, 2.75) is 33.4 Å². The van der Waals surface area contributed by atoms with E-state index < -0.39 is 0 Å². The molecule has 0 fully saturated rings. The molecular weight excluding hydrogens is 224 g/mol. The number of nitrogens with zero attached hydrogens (tertiary/aromatic N) is 1. The fourth-order valence-electron chi connectivity index (χ4n) is 2.34. The van der Waals surface area contributed by atoms with Crippen LogP contribution in [0.2, 0.25) is 0 Å². The molecule has 0 aliphatic carbocycles. The summed E-state index contributed by atoms with van der Waals surface area (Å²) in [5.41, 5.74) is 4.75. The molecule has 3 rings (SSSR count). The molecule has 0 radical (unpaired) electrons. The van der Waals surface area contributed by atoms with Gasteiger partial charge in [0.1, 0.15) is 6.10 Å². The lowest BCUT2D eigenvalue weighted by molar-refractivity contribution is 0.218. The first-order valence-corrected chi connectivity index (χ1v) is 6.42. The third kappa shape index (κ3) is 1.95. The van der Waals surface area contributed by atoms with Gasteiger partial charge >= 0.3 is 0 Å². The SMILES string of the molecule is Cc1cc2cc3c(nc2cc1C)O[C@@H](C)CNC3. The van der Waals surface area contributed by atoms with Gasteiger partial charge in [0.05, 0.1) is 5.52 Å². The third-order valence-electron chi connectivity index (χ3n) is 3.53. The molecule has 1 atom stereocenters. The zero-order chi connectivity index (χ0) is 12.7. The summed E-state index contributed by atoms with van der Waals surface area (Å²) >= 11 is 0. The zero-order valence-electron chi connectivity index (χ0n) is 11.1. The highest BCUT2D eigenvalue weighted by Crippen LogP contribution is 2.26. The maximum Gasteiger partial charge on any atom is 0.218 e. The van der Waals surface area contributed by atoms with E-state index in [-0.39, 0.29) is 6.10 Å². The number of aryl methyl sites for hydroxylation is 2. The first kappa shape index (κ1) is 11.5. The van der Waals surface area contributed by atoms with E-state index in [1.807, 2.05) is 0 Å². The Morgan fingerprint density at radius 2 is 2.00 bits per heavy atom. The van der Waals surface area contributed by atoms with Crippen LogP contribution in [0.5, 0.6) is 5.88 Å². The van der Waals surface area contributed by atoms with E-state index in [9.17, 15) is 0 Å². The molecule has 0 unspecified atom stereocenters. The molecule has 2 aromatic rings. The number of fused-ring (bicyclic) bond motifs is 2. The first-order chi connectivity index (χ1) is 8.63. The molecule has 94 valence electrons. The van der Waals surface area contributed by atoms with Crippen LogP contribution >= 0.6 is 0 Å². The number of hydrogen-bond donors (Lipinski definition) is 1. The highest BCUT2D eigenvalue weighted by molar-refractivity contribution is 5.82. The number of rotatable bonds is 0. The summed E-state index contributed by atoms with van der Waals surface area (Å²) in [5, 5.41) is 4.57. The van der Waals surface area contributed by atoms with Crippen molar-refractivity contribution < 1.29 is 4.74 Å². The Bertz CT molecular complexity index is 607. The predicted molar refractivity (Wildman–Crippen MR) is 73.0 cm³/mol. The Morgan fingerprint density at radius 1 is 1.22 bits per heavy atom. The van der Waals surface area contributed by atoms with Gasteiger partial charge in [-0.25, -0.2) is 4.98 Å². The van der Waals surface area contributed by atoms with Crippen molar-refractivity contribution >= 4 is 10.9 Å². The van der Waals surface area contributed by atoms with Gasteiger partial charge in [-0.05, 0) is 50.1 Å². The topological polar surface area (TPSA) is 34.1 Å². The molecule has 0 saturated carbocycles. The van der Waals surface area contributed by atoms with Gasteiger partial charge in [0.15, 0.2) is 0 Å². The number of hydrogen-bond acceptors (Lipinski definition) is 3. The number of aromatic nitrogens is 1. The number of ether oxygens (including phenoxy) is 1. The Kier molecular flexibility index (Phi) is 2.71. The highest BCUT2D eigenvalue weighted by atomic mass is 16.5. The quantitative estimate of drug-likeness (QED) is 0.771. The minimum Gasteiger partial charge on any atom is -0.473 e. The monoisotopic (exact) mass is 242 g/mol. The summed E-state index contributed by atoms with van der Waals surface area (Å²) in [6, 6.07) is 6.53. The second kappa shape index (κ2) is 4.25. The Balaban J connectivity index is 2.19. The average Bonchev–Trinajstić information content (AvgIpc) is 2.49. The van der Waals surface area contributed by atoms with Gasteiger partial charge in [-0.3, -0.25) is 0 Å². The molecule has 1 aliphatic heterocycles. The normalized spacial score (nSPS) is 19.2. The molecule has 18 heavy (non-hydrogen) atoms. The van der Waals surface area contributed by atoms with Crippen LogP contribution in [0, 0.1) is 13.8 Å². The molecule has 1 N–H and O–H groups in total. The van der Waals surface area contributed by atoms with Gasteiger partial charge in [0.25, 0.3) is 0 Å². The molecule has 1 aliphatic rings. The van der Waals surface area contributed by atoms with E-state index >= 15 is 0 Å². The first-order valence-electron chi connectivity index (χ1n) is 6.42. The molecule has 0 spiro atoms. The Hall–Kier alpha value is -1.61. The second-order valence-corrected chi connectivity index (χ2v) is 5.14. The minimum absolute atomic E-state index is 0.169. The number of benzene rings is 1. The fourth-order valence-corrected chi connectivity index (χ4v) is 2.34. The van der Waals surface area contributed by atoms with Crippen LogP contribution in [0.3, 0.4) is 0 Å². The molecule has 0 saturated heterocycles. The van der Waals surface area contributed by atoms with Gasteiger partial charge in [-0.15, -0.1) is 0 Å². The van der Waals surface area contributed by atoms with Crippen molar-refractivity contribution in [1.82, 2.24) is 10.3 Å². The van der Waals surface area contributed by atoms with Crippen molar-refractivity contribution in [3.05, 3.63) is 34.9 Å². The van der Waals surface area contributed by atoms with Crippen LogP contribution in [-0.2, 0) is 6.54 Å². The second-order valence-electron chi connectivity index (χ2n) is 5.14. The fraction of sp³-hybridized carbons (Fsp3) is 0.400. The van der Waals surface area contributed by atoms with Crippen LogP contribution in [0.1, 0.15) is 23.6 Å². The van der Waals surface area contributed by atoms with E-state index in [4.69, 9.17) is 4.74 Å². The molecule has 1 aromatic heterocycles. The standard InChI is InChI=1S/C15H18N2O/c1-9-4-12-6-13-8-16-7-11(3)18-15(13)17-14(12)5-10(9)2/h4-6,11,16H,7-8H2,1-3H3/t11-/m0/s1. The summed E-state index contributed by atoms with van der Waals surface area (Å²) in [5.74, 6) is 0.781. The van der Waals surface area contributed by atoms with Crippen molar-refractivity contribution in [3.8, 4) is 5.88 Å². The maximum atomic E-state index is 5.86. The van der Waals surface area contributed by atoms with Crippen molar-refractivity contribution in [1.29, 1.82) is 0 Å². The predicted octanol–water partition coefficient (Wildman–Crippen LogP) is 2.72. The largest absolute Gasteiger partial charge is 0.473 e. The molecule has 2 heterocycles. The third-order valence-corrected chi connectivity index (χ3v) is 3.53. The number of pyridine rings is 1. The summed E-state index contributed by atoms with van der Waals surface area (Å²) in [6.45, 7) is 8.01. The minimum atomic E-state index is 0.169. The van der Waals surface area contributed by atoms with Gasteiger partial charge in [-0.2, -0.15) is 0 Å². The summed E-state index contributed by atoms with van der Waals surface area (Å²) < 4.78 is 5.86. The molecule has 3 heteroatoms. The van der Waals surface area contributed by atoms with E-state index in [0.29, 0.717) is 0 Å². The van der Waals surface area contributed by atoms with Crippen LogP contribution in [0.4, 0.5) is 0 Å². The molecular formula is C15H18N2O. The van der Waals surface area contributed by atoms with Gasteiger partial charge < -0.3 is 10.1 Å². The molecule has 3 nitrogen and oxygen atoms in total. The van der Waals surface area contributed by atoms with Crippen molar-refractivity contribution in [2.24, 2.45) is 0 Å². The van der Waals surface area contributed by atoms with Gasteiger partial charge in [-0.1, -0.05) is 0 Å². The summed E-state index contributed by atoms with van der Waals surface area (Å²) in [6.07, 6.45) is 0.169. The summed E-state index contributed by atoms with van der Waals surface area (Å²) in [4.78, 5) is 4.67. The molecule has 0 amide bonds. The van der Waals surface area contributed by atoms with Crippen LogP contribution in [-0.4, -0.2) is 17.6 Å². The maximum absolute atomic E-state index is 5.86. The lowest BCUT2D eigenvalue weighted by Crippen LogP contribution is -2.25. The lowest BCUT2D eigenvalue weighted by atomic mass is 10.0. The lowest BCUT2D eigenvalue weighted by Gasteiger charge is -2.12. The molecule has 1 aromatic carbocycles. The van der Waals surface area contributed by atoms with Crippen LogP contribution in [0.15, 0.2) is 18.2 Å². The zero-order valence-corrected chi connectivity index (χ0v) is 11.1. The van der Waals surface area contributed by atoms with Crippen LogP contribution < -0.4 is 10.1 Å². The van der Waals surface area contributed by atoms with Gasteiger partial charge in [0, 0.05) is 24.0 Å². The number of nitrogens with one attached hydrogen (secondary N) is 1. The van der Waals surface area contributed by atoms with E-state index in [2.05, 4.69) is 49.3 Å². The average molecular weight is 242 g/mol. The molecule has 0 bridgehead atoms. The van der Waals surface area contributed by atoms with E-state index in [1.165, 1.54) is 16.5 Å². The Morgan fingerprint density at radius 3 is 2.83 bits per heavy atom. The van der Waals surface area contributed by atoms with Crippen molar-refractivity contribution in [3.63, 3.8) is 0 Å². The van der Waals surface area contributed by atoms with E-state index in [1.54, 1.807) is 0 Å². The highest BCUT2D eigenvalue weighted by Gasteiger charge is 2.16. The van der Waals surface area contributed by atoms with E-state index in [0.717, 1.165) is 30.0 Å². The Labute approximate surface area is 107 Å². The smallest absolute Gasteiger partial charge is 0.218 e. The summed E-state index contributed by atoms with van der Waals surface area (Å²) in [7, 11) is 0. The van der Waals surface area contributed by atoms with Crippen LogP contribution in [0.25, 0.3) is 10.9 Å².